The summed E-state index contributed by atoms with van der Waals surface area (Å²) in [5.74, 6) is -0.677. The van der Waals surface area contributed by atoms with Crippen LogP contribution in [-0.4, -0.2) is 43.8 Å². The van der Waals surface area contributed by atoms with Crippen molar-refractivity contribution in [1.29, 1.82) is 0 Å². The molecule has 1 heterocycles. The minimum atomic E-state index is -3.63. The third kappa shape index (κ3) is 4.09. The summed E-state index contributed by atoms with van der Waals surface area (Å²) in [6.45, 7) is 3.15. The van der Waals surface area contributed by atoms with Crippen LogP contribution in [0.1, 0.15) is 12.0 Å². The number of nitrogens with zero attached hydrogens (tertiary/aromatic N) is 3. The van der Waals surface area contributed by atoms with Gasteiger partial charge >= 0.3 is 0 Å². The van der Waals surface area contributed by atoms with Gasteiger partial charge in [-0.25, -0.2) is 12.8 Å². The minimum Gasteiger partial charge on any atom is -0.365 e. The van der Waals surface area contributed by atoms with Gasteiger partial charge in [-0.05, 0) is 37.6 Å². The Hall–Kier alpha value is -2.52. The normalized spacial score (nSPS) is 16.1. The molecule has 7 nitrogen and oxygen atoms in total. The van der Waals surface area contributed by atoms with Crippen LogP contribution in [0.4, 0.5) is 15.8 Å². The van der Waals surface area contributed by atoms with Gasteiger partial charge in [-0.3, -0.25) is 10.1 Å². The van der Waals surface area contributed by atoms with Gasteiger partial charge in [0.05, 0.1) is 15.9 Å². The first kappa shape index (κ1) is 19.2. The number of nitro benzene ring substituents is 1. The molecule has 0 unspecified atom stereocenters. The average molecular weight is 393 g/mol. The summed E-state index contributed by atoms with van der Waals surface area (Å²) in [7, 11) is -3.63. The largest absolute Gasteiger partial charge is 0.365 e. The lowest BCUT2D eigenvalue weighted by atomic mass is 10.2. The lowest BCUT2D eigenvalue weighted by Gasteiger charge is -2.23. The fraction of sp³-hybridized carbons (Fsp3) is 0.333. The number of benzene rings is 2. The molecule has 0 saturated carbocycles. The molecule has 27 heavy (non-hydrogen) atoms. The van der Waals surface area contributed by atoms with Crippen LogP contribution in [0.15, 0.2) is 47.4 Å². The number of halogens is 1. The molecule has 9 heteroatoms. The molecule has 0 bridgehead atoms. The first-order valence-electron chi connectivity index (χ1n) is 8.55. The SMILES string of the molecule is Cc1ccc(S(=O)(=O)N2CCCN(c3ccc(F)cc3[N+](=O)[O-])CC2)cc1. The Bertz CT molecular complexity index is 948. The molecule has 1 saturated heterocycles. The third-order valence-corrected chi connectivity index (χ3v) is 6.50. The molecule has 2 aromatic rings. The molecule has 0 aliphatic carbocycles. The molecule has 2 aromatic carbocycles. The fourth-order valence-corrected chi connectivity index (χ4v) is 4.61. The number of aryl methyl sites for hydroxylation is 1. The number of sulfonamides is 1. The maximum absolute atomic E-state index is 13.4. The van der Waals surface area contributed by atoms with Gasteiger partial charge in [-0.15, -0.1) is 0 Å². The van der Waals surface area contributed by atoms with E-state index in [9.17, 15) is 22.9 Å². The maximum atomic E-state index is 13.4. The second kappa shape index (κ2) is 7.61. The Morgan fingerprint density at radius 3 is 2.41 bits per heavy atom. The fourth-order valence-electron chi connectivity index (χ4n) is 3.14. The van der Waals surface area contributed by atoms with Gasteiger partial charge in [0.1, 0.15) is 11.5 Å². The van der Waals surface area contributed by atoms with Crippen LogP contribution in [0.5, 0.6) is 0 Å². The Balaban J connectivity index is 1.82. The Morgan fingerprint density at radius 2 is 1.74 bits per heavy atom. The highest BCUT2D eigenvalue weighted by molar-refractivity contribution is 7.89. The molecule has 144 valence electrons. The smallest absolute Gasteiger partial charge is 0.295 e. The summed E-state index contributed by atoms with van der Waals surface area (Å²) < 4.78 is 40.5. The van der Waals surface area contributed by atoms with Crippen LogP contribution in [0.25, 0.3) is 0 Å². The molecule has 0 radical (unpaired) electrons. The van der Waals surface area contributed by atoms with Gasteiger partial charge in [0, 0.05) is 26.2 Å². The van der Waals surface area contributed by atoms with Crippen LogP contribution >= 0.6 is 0 Å². The zero-order valence-corrected chi connectivity index (χ0v) is 15.7. The van der Waals surface area contributed by atoms with Crippen molar-refractivity contribution in [3.05, 3.63) is 64.0 Å². The predicted molar refractivity (Wildman–Crippen MR) is 99.8 cm³/mol. The molecule has 1 fully saturated rings. The van der Waals surface area contributed by atoms with Crippen molar-refractivity contribution in [2.24, 2.45) is 0 Å². The average Bonchev–Trinajstić information content (AvgIpc) is 2.88. The second-order valence-corrected chi connectivity index (χ2v) is 8.39. The van der Waals surface area contributed by atoms with Gasteiger partial charge in [-0.1, -0.05) is 17.7 Å². The molecular weight excluding hydrogens is 373 g/mol. The van der Waals surface area contributed by atoms with E-state index in [0.717, 1.165) is 11.6 Å². The van der Waals surface area contributed by atoms with E-state index in [1.165, 1.54) is 16.4 Å². The van der Waals surface area contributed by atoms with Crippen LogP contribution in [0.2, 0.25) is 0 Å². The predicted octanol–water partition coefficient (Wildman–Crippen LogP) is 2.94. The third-order valence-electron chi connectivity index (χ3n) is 4.59. The summed E-state index contributed by atoms with van der Waals surface area (Å²) in [6, 6.07) is 10.1. The Kier molecular flexibility index (Phi) is 5.43. The van der Waals surface area contributed by atoms with Crippen molar-refractivity contribution in [3.8, 4) is 0 Å². The molecule has 1 aliphatic heterocycles. The highest BCUT2D eigenvalue weighted by Gasteiger charge is 2.29. The summed E-state index contributed by atoms with van der Waals surface area (Å²) >= 11 is 0. The lowest BCUT2D eigenvalue weighted by molar-refractivity contribution is -0.384. The van der Waals surface area contributed by atoms with Gasteiger partial charge in [0.25, 0.3) is 5.69 Å². The quantitative estimate of drug-likeness (QED) is 0.589. The lowest BCUT2D eigenvalue weighted by Crippen LogP contribution is -2.35. The van der Waals surface area contributed by atoms with Crippen molar-refractivity contribution in [2.75, 3.05) is 31.1 Å². The number of rotatable bonds is 4. The van der Waals surface area contributed by atoms with E-state index in [1.807, 2.05) is 6.92 Å². The van der Waals surface area contributed by atoms with Crippen LogP contribution in [-0.2, 0) is 10.0 Å². The van der Waals surface area contributed by atoms with Crippen LogP contribution in [0, 0.1) is 22.9 Å². The molecule has 0 spiro atoms. The van der Waals surface area contributed by atoms with E-state index in [4.69, 9.17) is 0 Å². The van der Waals surface area contributed by atoms with E-state index >= 15 is 0 Å². The first-order valence-corrected chi connectivity index (χ1v) is 9.99. The monoisotopic (exact) mass is 393 g/mol. The molecule has 3 rings (SSSR count). The zero-order valence-electron chi connectivity index (χ0n) is 14.8. The van der Waals surface area contributed by atoms with E-state index in [-0.39, 0.29) is 23.7 Å². The molecule has 0 N–H and O–H groups in total. The molecule has 0 aromatic heterocycles. The molecule has 1 aliphatic rings. The van der Waals surface area contributed by atoms with Crippen molar-refractivity contribution in [1.82, 2.24) is 4.31 Å². The minimum absolute atomic E-state index is 0.199. The van der Waals surface area contributed by atoms with Gasteiger partial charge in [0.2, 0.25) is 10.0 Å². The van der Waals surface area contributed by atoms with Crippen molar-refractivity contribution in [2.45, 2.75) is 18.2 Å². The van der Waals surface area contributed by atoms with Crippen LogP contribution in [0.3, 0.4) is 0 Å². The number of anilines is 1. The first-order chi connectivity index (χ1) is 12.8. The Labute approximate surface area is 157 Å². The van der Waals surface area contributed by atoms with E-state index in [0.29, 0.717) is 25.2 Å². The molecular formula is C18H20FN3O4S. The van der Waals surface area contributed by atoms with Crippen LogP contribution < -0.4 is 4.90 Å². The summed E-state index contributed by atoms with van der Waals surface area (Å²) in [6.07, 6.45) is 0.514. The van der Waals surface area contributed by atoms with Crippen molar-refractivity contribution in [3.63, 3.8) is 0 Å². The molecule has 0 atom stereocenters. The van der Waals surface area contributed by atoms with Gasteiger partial charge < -0.3 is 4.90 Å². The number of hydrogen-bond donors (Lipinski definition) is 0. The van der Waals surface area contributed by atoms with Crippen molar-refractivity contribution >= 4 is 21.4 Å². The van der Waals surface area contributed by atoms with Crippen molar-refractivity contribution < 1.29 is 17.7 Å². The summed E-state index contributed by atoms with van der Waals surface area (Å²) in [5.41, 5.74) is 0.959. The Morgan fingerprint density at radius 1 is 1.04 bits per heavy atom. The highest BCUT2D eigenvalue weighted by atomic mass is 32.2. The van der Waals surface area contributed by atoms with E-state index in [2.05, 4.69) is 0 Å². The zero-order chi connectivity index (χ0) is 19.6. The molecule has 0 amide bonds. The van der Waals surface area contributed by atoms with Gasteiger partial charge in [0.15, 0.2) is 0 Å². The van der Waals surface area contributed by atoms with E-state index in [1.54, 1.807) is 29.2 Å². The highest BCUT2D eigenvalue weighted by Crippen LogP contribution is 2.30. The standard InChI is InChI=1S/C18H20FN3O4S/c1-14-3-6-16(7-4-14)27(25,26)21-10-2-9-20(11-12-21)17-8-5-15(19)13-18(17)22(23)24/h3-8,13H,2,9-12H2,1H3. The number of hydrogen-bond acceptors (Lipinski definition) is 5. The number of nitro groups is 1. The van der Waals surface area contributed by atoms with Gasteiger partial charge in [-0.2, -0.15) is 4.31 Å². The van der Waals surface area contributed by atoms with E-state index < -0.39 is 20.8 Å². The topological polar surface area (TPSA) is 83.8 Å². The maximum Gasteiger partial charge on any atom is 0.295 e. The summed E-state index contributed by atoms with van der Waals surface area (Å²) in [5, 5.41) is 11.2. The summed E-state index contributed by atoms with van der Waals surface area (Å²) in [4.78, 5) is 12.6. The second-order valence-electron chi connectivity index (χ2n) is 6.45.